The summed E-state index contributed by atoms with van der Waals surface area (Å²) in [5, 5.41) is 8.37. The Morgan fingerprint density at radius 3 is 1.64 bits per heavy atom. The lowest BCUT2D eigenvalue weighted by Gasteiger charge is -2.14. The molecule has 0 aliphatic carbocycles. The summed E-state index contributed by atoms with van der Waals surface area (Å²) in [6, 6.07) is 0. The van der Waals surface area contributed by atoms with Gasteiger partial charge in [-0.15, -0.1) is 0 Å². The number of cyclic esters (lactones) is 2. The van der Waals surface area contributed by atoms with Crippen molar-refractivity contribution in [1.29, 1.82) is 0 Å². The largest absolute Gasteiger partial charge is 0.481 e. The molecule has 10 nitrogen and oxygen atoms in total. The van der Waals surface area contributed by atoms with Gasteiger partial charge >= 0.3 is 23.9 Å². The molecule has 2 fully saturated rings. The van der Waals surface area contributed by atoms with Crippen LogP contribution >= 0.6 is 0 Å². The molecule has 2 atom stereocenters. The van der Waals surface area contributed by atoms with Gasteiger partial charge in [0, 0.05) is 27.7 Å². The molecule has 10 heteroatoms. The Kier molecular flexibility index (Phi) is 6.49. The Morgan fingerprint density at radius 2 is 1.36 bits per heavy atom. The van der Waals surface area contributed by atoms with Crippen LogP contribution in [0.4, 0.5) is 0 Å². The molecule has 0 spiro atoms. The van der Waals surface area contributed by atoms with Gasteiger partial charge in [0.25, 0.3) is 0 Å². The summed E-state index contributed by atoms with van der Waals surface area (Å²) >= 11 is 0. The van der Waals surface area contributed by atoms with Gasteiger partial charge in [0.1, 0.15) is 0 Å². The number of ether oxygens (including phenoxy) is 5. The van der Waals surface area contributed by atoms with Crippen molar-refractivity contribution in [2.45, 2.75) is 64.3 Å². The van der Waals surface area contributed by atoms with Gasteiger partial charge in [-0.3, -0.25) is 9.59 Å². The third-order valence-corrected chi connectivity index (χ3v) is 3.01. The van der Waals surface area contributed by atoms with Crippen LogP contribution in [0, 0.1) is 0 Å². The summed E-state index contributed by atoms with van der Waals surface area (Å²) < 4.78 is 24.2. The molecule has 2 heterocycles. The molecule has 2 aliphatic heterocycles. The zero-order valence-corrected chi connectivity index (χ0v) is 14.7. The van der Waals surface area contributed by atoms with Crippen molar-refractivity contribution < 1.29 is 48.0 Å². The molecule has 0 radical (unpaired) electrons. The van der Waals surface area contributed by atoms with Gasteiger partial charge in [-0.05, 0) is 0 Å². The Balaban J connectivity index is 0.000000251. The molecule has 142 valence electrons. The lowest BCUT2D eigenvalue weighted by Crippen LogP contribution is -2.23. The molecule has 0 aromatic rings. The number of rotatable bonds is 4. The Labute approximate surface area is 144 Å². The third kappa shape index (κ3) is 6.67. The van der Waals surface area contributed by atoms with Crippen molar-refractivity contribution in [3.8, 4) is 0 Å². The van der Waals surface area contributed by atoms with E-state index in [1.807, 2.05) is 0 Å². The zero-order valence-electron chi connectivity index (χ0n) is 14.7. The van der Waals surface area contributed by atoms with Gasteiger partial charge in [0.05, 0.1) is 20.0 Å². The predicted octanol–water partition coefficient (Wildman–Crippen LogP) is 0.367. The summed E-state index contributed by atoms with van der Waals surface area (Å²) in [6.07, 6.45) is -2.24. The van der Waals surface area contributed by atoms with Crippen molar-refractivity contribution in [1.82, 2.24) is 0 Å². The van der Waals surface area contributed by atoms with E-state index in [9.17, 15) is 19.2 Å². The van der Waals surface area contributed by atoms with Crippen LogP contribution in [-0.2, 0) is 42.9 Å². The van der Waals surface area contributed by atoms with Crippen LogP contribution in [-0.4, -0.2) is 59.9 Å². The first-order valence-corrected chi connectivity index (χ1v) is 7.45. The molecular weight excluding hydrogens is 340 g/mol. The molecule has 1 N–H and O–H groups in total. The summed E-state index contributed by atoms with van der Waals surface area (Å²) in [5.41, 5.74) is 0. The standard InChI is InChI=1S/C8H12O5.C7H10O5/c1-8(2)12-5(7(10)13-8)4-6(9)11-3;1-7(2)11-4(3-5(8)9)6(10)12-7/h5H,4H2,1-3H3;4H,3H2,1-2H3,(H,8,9)/t5-;4-/m11/s1. The van der Waals surface area contributed by atoms with Crippen LogP contribution in [0.25, 0.3) is 0 Å². The van der Waals surface area contributed by atoms with E-state index < -0.39 is 47.7 Å². The van der Waals surface area contributed by atoms with Crippen molar-refractivity contribution >= 4 is 23.9 Å². The number of carbonyl (C=O) groups excluding carboxylic acids is 3. The fourth-order valence-corrected chi connectivity index (χ4v) is 2.09. The average molecular weight is 362 g/mol. The molecule has 0 bridgehead atoms. The number of methoxy groups -OCH3 is 1. The minimum absolute atomic E-state index is 0.0984. The highest BCUT2D eigenvalue weighted by atomic mass is 16.8. The van der Waals surface area contributed by atoms with E-state index in [1.165, 1.54) is 7.11 Å². The molecule has 0 saturated carbocycles. The van der Waals surface area contributed by atoms with Crippen LogP contribution < -0.4 is 0 Å². The number of carboxylic acids is 1. The lowest BCUT2D eigenvalue weighted by molar-refractivity contribution is -0.163. The fraction of sp³-hybridized carbons (Fsp3) is 0.733. The molecule has 0 aromatic heterocycles. The molecule has 0 unspecified atom stereocenters. The number of esters is 3. The van der Waals surface area contributed by atoms with E-state index in [4.69, 9.17) is 24.1 Å². The molecular formula is C15H22O10. The maximum Gasteiger partial charge on any atom is 0.338 e. The second-order valence-electron chi connectivity index (χ2n) is 6.23. The van der Waals surface area contributed by atoms with E-state index in [0.29, 0.717) is 0 Å². The van der Waals surface area contributed by atoms with Gasteiger partial charge in [-0.25, -0.2) is 9.59 Å². The summed E-state index contributed by atoms with van der Waals surface area (Å²) in [6.45, 7) is 6.35. The second kappa shape index (κ2) is 7.79. The quantitative estimate of drug-likeness (QED) is 0.552. The number of aliphatic carboxylic acids is 1. The lowest BCUT2D eigenvalue weighted by atomic mass is 10.2. The Hall–Kier alpha value is -2.20. The minimum Gasteiger partial charge on any atom is -0.481 e. The smallest absolute Gasteiger partial charge is 0.338 e. The first kappa shape index (κ1) is 20.8. The minimum atomic E-state index is -1.07. The molecule has 2 rings (SSSR count). The van der Waals surface area contributed by atoms with Gasteiger partial charge in [0.2, 0.25) is 11.6 Å². The summed E-state index contributed by atoms with van der Waals surface area (Å²) in [7, 11) is 1.26. The fourth-order valence-electron chi connectivity index (χ4n) is 2.09. The van der Waals surface area contributed by atoms with E-state index in [-0.39, 0.29) is 12.8 Å². The van der Waals surface area contributed by atoms with Crippen LogP contribution in [0.15, 0.2) is 0 Å². The third-order valence-electron chi connectivity index (χ3n) is 3.01. The van der Waals surface area contributed by atoms with Gasteiger partial charge in [-0.2, -0.15) is 0 Å². The molecule has 0 amide bonds. The maximum atomic E-state index is 11.1. The van der Waals surface area contributed by atoms with Crippen molar-refractivity contribution in [3.05, 3.63) is 0 Å². The number of carboxylic acid groups (broad SMARTS) is 1. The Bertz CT molecular complexity index is 551. The highest BCUT2D eigenvalue weighted by molar-refractivity contribution is 5.83. The van der Waals surface area contributed by atoms with Crippen molar-refractivity contribution in [3.63, 3.8) is 0 Å². The van der Waals surface area contributed by atoms with Crippen molar-refractivity contribution in [2.75, 3.05) is 7.11 Å². The molecule has 2 aliphatic rings. The highest BCUT2D eigenvalue weighted by Crippen LogP contribution is 2.26. The first-order chi connectivity index (χ1) is 11.3. The maximum absolute atomic E-state index is 11.1. The monoisotopic (exact) mass is 362 g/mol. The number of hydrogen-bond acceptors (Lipinski definition) is 9. The van der Waals surface area contributed by atoms with Crippen LogP contribution in [0.1, 0.15) is 40.5 Å². The summed E-state index contributed by atoms with van der Waals surface area (Å²) in [4.78, 5) is 43.0. The zero-order chi connectivity index (χ0) is 19.4. The van der Waals surface area contributed by atoms with Crippen LogP contribution in [0.5, 0.6) is 0 Å². The molecule has 2 saturated heterocycles. The van der Waals surface area contributed by atoms with E-state index >= 15 is 0 Å². The van der Waals surface area contributed by atoms with Crippen LogP contribution in [0.3, 0.4) is 0 Å². The predicted molar refractivity (Wildman–Crippen MR) is 79.0 cm³/mol. The first-order valence-electron chi connectivity index (χ1n) is 7.45. The van der Waals surface area contributed by atoms with E-state index in [1.54, 1.807) is 27.7 Å². The SMILES string of the molecule is CC1(C)OC(=O)[C@@H](CC(=O)O)O1.COC(=O)C[C@H]1OC(C)(C)OC1=O. The van der Waals surface area contributed by atoms with Gasteiger partial charge in [-0.1, -0.05) is 0 Å². The second-order valence-corrected chi connectivity index (χ2v) is 6.23. The topological polar surface area (TPSA) is 135 Å². The molecule has 0 aromatic carbocycles. The van der Waals surface area contributed by atoms with E-state index in [0.717, 1.165) is 0 Å². The Morgan fingerprint density at radius 1 is 0.960 bits per heavy atom. The van der Waals surface area contributed by atoms with Gasteiger partial charge < -0.3 is 28.8 Å². The highest BCUT2D eigenvalue weighted by Gasteiger charge is 2.42. The summed E-state index contributed by atoms with van der Waals surface area (Å²) in [5.74, 6) is -4.61. The molecule has 25 heavy (non-hydrogen) atoms. The number of hydrogen-bond donors (Lipinski definition) is 1. The van der Waals surface area contributed by atoms with Crippen molar-refractivity contribution in [2.24, 2.45) is 0 Å². The normalized spacial score (nSPS) is 26.1. The van der Waals surface area contributed by atoms with Crippen LogP contribution in [0.2, 0.25) is 0 Å². The van der Waals surface area contributed by atoms with Gasteiger partial charge in [0.15, 0.2) is 12.2 Å². The average Bonchev–Trinajstić information content (AvgIpc) is 2.83. The van der Waals surface area contributed by atoms with E-state index in [2.05, 4.69) is 4.74 Å². The number of carbonyl (C=O) groups is 4.